The highest BCUT2D eigenvalue weighted by atomic mass is 32.1. The lowest BCUT2D eigenvalue weighted by atomic mass is 10.0. The van der Waals surface area contributed by atoms with Crippen LogP contribution in [0.25, 0.3) is 4.96 Å². The maximum Gasteiger partial charge on any atom is 0.230 e. The molecule has 2 aromatic heterocycles. The van der Waals surface area contributed by atoms with Crippen LogP contribution in [-0.2, 0) is 0 Å². The second kappa shape index (κ2) is 5.13. The molecule has 0 radical (unpaired) electrons. The average Bonchev–Trinajstić information content (AvgIpc) is 3.22. The zero-order valence-corrected chi connectivity index (χ0v) is 12.3. The van der Waals surface area contributed by atoms with Crippen LogP contribution in [0.2, 0.25) is 0 Å². The largest absolute Gasteiger partial charge is 0.492 e. The number of hydrogen-bond acceptors (Lipinski definition) is 5. The molecule has 0 saturated carbocycles. The first kappa shape index (κ1) is 12.8. The van der Waals surface area contributed by atoms with Crippen LogP contribution in [0.15, 0.2) is 36.7 Å². The molecule has 1 N–H and O–H groups in total. The lowest BCUT2D eigenvalue weighted by Gasteiger charge is -2.26. The Kier molecular flexibility index (Phi) is 3.12. The number of rotatable bonds is 3. The Bertz CT molecular complexity index is 745. The van der Waals surface area contributed by atoms with Gasteiger partial charge in [0, 0.05) is 0 Å². The first-order valence-electron chi connectivity index (χ1n) is 7.15. The SMILES string of the molecule is Oc1c(C(c2ccccc2)N2CCCC2)sc2ncnn12. The molecule has 4 rings (SSSR count). The number of benzene rings is 1. The topological polar surface area (TPSA) is 53.7 Å². The maximum atomic E-state index is 10.5. The van der Waals surface area contributed by atoms with E-state index >= 15 is 0 Å². The molecule has 1 atom stereocenters. The highest BCUT2D eigenvalue weighted by molar-refractivity contribution is 7.17. The number of likely N-dealkylation sites (tertiary alicyclic amines) is 1. The fourth-order valence-electron chi connectivity index (χ4n) is 3.04. The molecule has 1 aliphatic rings. The molecule has 0 amide bonds. The third kappa shape index (κ3) is 2.11. The number of hydrogen-bond donors (Lipinski definition) is 1. The van der Waals surface area contributed by atoms with E-state index in [-0.39, 0.29) is 11.9 Å². The lowest BCUT2D eigenvalue weighted by molar-refractivity contribution is 0.277. The Morgan fingerprint density at radius 3 is 2.62 bits per heavy atom. The van der Waals surface area contributed by atoms with E-state index in [1.54, 1.807) is 0 Å². The second-order valence-corrected chi connectivity index (χ2v) is 6.31. The van der Waals surface area contributed by atoms with E-state index < -0.39 is 0 Å². The van der Waals surface area contributed by atoms with Crippen LogP contribution in [-0.4, -0.2) is 37.7 Å². The minimum Gasteiger partial charge on any atom is -0.492 e. The fourth-order valence-corrected chi connectivity index (χ4v) is 4.13. The van der Waals surface area contributed by atoms with Crippen LogP contribution in [0.4, 0.5) is 0 Å². The third-order valence-corrected chi connectivity index (χ3v) is 5.09. The Morgan fingerprint density at radius 1 is 1.14 bits per heavy atom. The fraction of sp³-hybridized carbons (Fsp3) is 0.333. The van der Waals surface area contributed by atoms with Crippen LogP contribution in [0.5, 0.6) is 5.88 Å². The van der Waals surface area contributed by atoms with Crippen molar-refractivity contribution in [2.24, 2.45) is 0 Å². The first-order chi connectivity index (χ1) is 10.3. The highest BCUT2D eigenvalue weighted by Crippen LogP contribution is 2.40. The quantitative estimate of drug-likeness (QED) is 0.808. The molecule has 1 aliphatic heterocycles. The number of aromatic hydroxyl groups is 1. The Morgan fingerprint density at radius 2 is 1.90 bits per heavy atom. The number of nitrogens with zero attached hydrogens (tertiary/aromatic N) is 4. The normalized spacial score (nSPS) is 17.5. The molecule has 3 aromatic rings. The van der Waals surface area contributed by atoms with Gasteiger partial charge in [-0.3, -0.25) is 4.90 Å². The molecule has 1 saturated heterocycles. The lowest BCUT2D eigenvalue weighted by Crippen LogP contribution is -2.26. The van der Waals surface area contributed by atoms with Gasteiger partial charge in [-0.25, -0.2) is 4.98 Å². The highest BCUT2D eigenvalue weighted by Gasteiger charge is 2.30. The molecule has 0 spiro atoms. The average molecular weight is 300 g/mol. The van der Waals surface area contributed by atoms with E-state index in [4.69, 9.17) is 0 Å². The monoisotopic (exact) mass is 300 g/mol. The van der Waals surface area contributed by atoms with Gasteiger partial charge < -0.3 is 5.11 Å². The predicted molar refractivity (Wildman–Crippen MR) is 81.6 cm³/mol. The van der Waals surface area contributed by atoms with E-state index in [1.807, 2.05) is 18.2 Å². The van der Waals surface area contributed by atoms with Crippen LogP contribution in [0.1, 0.15) is 29.3 Å². The number of thiazole rings is 1. The molecule has 0 bridgehead atoms. The van der Waals surface area contributed by atoms with Crippen molar-refractivity contribution in [2.45, 2.75) is 18.9 Å². The third-order valence-electron chi connectivity index (χ3n) is 4.01. The van der Waals surface area contributed by atoms with Gasteiger partial charge in [0.2, 0.25) is 10.8 Å². The molecule has 1 unspecified atom stereocenters. The van der Waals surface area contributed by atoms with Crippen molar-refractivity contribution in [1.29, 1.82) is 0 Å². The molecule has 108 valence electrons. The van der Waals surface area contributed by atoms with Crippen molar-refractivity contribution < 1.29 is 5.11 Å². The minimum atomic E-state index is 0.0854. The van der Waals surface area contributed by atoms with Gasteiger partial charge in [0.15, 0.2) is 0 Å². The zero-order chi connectivity index (χ0) is 14.2. The van der Waals surface area contributed by atoms with Crippen LogP contribution < -0.4 is 0 Å². The number of aromatic nitrogens is 3. The van der Waals surface area contributed by atoms with Gasteiger partial charge in [-0.15, -0.1) is 0 Å². The van der Waals surface area contributed by atoms with Crippen LogP contribution >= 0.6 is 11.3 Å². The predicted octanol–water partition coefficient (Wildman–Crippen LogP) is 2.68. The van der Waals surface area contributed by atoms with Crippen molar-refractivity contribution in [1.82, 2.24) is 19.5 Å². The van der Waals surface area contributed by atoms with Crippen molar-refractivity contribution in [3.8, 4) is 5.88 Å². The summed E-state index contributed by atoms with van der Waals surface area (Å²) in [5, 5.41) is 14.6. The van der Waals surface area contributed by atoms with E-state index in [0.717, 1.165) is 22.9 Å². The Balaban J connectivity index is 1.85. The molecule has 3 heterocycles. The Labute approximate surface area is 126 Å². The summed E-state index contributed by atoms with van der Waals surface area (Å²) in [6, 6.07) is 10.4. The summed E-state index contributed by atoms with van der Waals surface area (Å²) in [6.07, 6.45) is 3.90. The molecular formula is C15H16N4OS. The molecular weight excluding hydrogens is 284 g/mol. The first-order valence-corrected chi connectivity index (χ1v) is 7.96. The van der Waals surface area contributed by atoms with Gasteiger partial charge in [0.05, 0.1) is 10.9 Å². The van der Waals surface area contributed by atoms with Gasteiger partial charge >= 0.3 is 0 Å². The maximum absolute atomic E-state index is 10.5. The van der Waals surface area contributed by atoms with Gasteiger partial charge in [-0.1, -0.05) is 41.7 Å². The van der Waals surface area contributed by atoms with Gasteiger partial charge in [0.25, 0.3) is 0 Å². The summed E-state index contributed by atoms with van der Waals surface area (Å²) in [5.74, 6) is 0.216. The molecule has 0 aliphatic carbocycles. The molecule has 5 nitrogen and oxygen atoms in total. The van der Waals surface area contributed by atoms with Crippen LogP contribution in [0.3, 0.4) is 0 Å². The van der Waals surface area contributed by atoms with Crippen LogP contribution in [0, 0.1) is 0 Å². The summed E-state index contributed by atoms with van der Waals surface area (Å²) >= 11 is 1.52. The minimum absolute atomic E-state index is 0.0854. The van der Waals surface area contributed by atoms with Crippen molar-refractivity contribution in [3.05, 3.63) is 47.1 Å². The van der Waals surface area contributed by atoms with Gasteiger partial charge in [-0.05, 0) is 31.5 Å². The van der Waals surface area contributed by atoms with E-state index in [1.165, 1.54) is 40.6 Å². The molecule has 21 heavy (non-hydrogen) atoms. The summed E-state index contributed by atoms with van der Waals surface area (Å²) in [6.45, 7) is 2.12. The molecule has 1 aromatic carbocycles. The van der Waals surface area contributed by atoms with E-state index in [0.29, 0.717) is 0 Å². The summed E-state index contributed by atoms with van der Waals surface area (Å²) in [5.41, 5.74) is 1.21. The standard InChI is InChI=1S/C15H16N4OS/c20-14-13(21-15-16-10-17-19(14)15)12(18-8-4-5-9-18)11-6-2-1-3-7-11/h1-3,6-7,10,12,20H,4-5,8-9H2. The van der Waals surface area contributed by atoms with Gasteiger partial charge in [-0.2, -0.15) is 9.61 Å². The van der Waals surface area contributed by atoms with Gasteiger partial charge in [0.1, 0.15) is 6.33 Å². The summed E-state index contributed by atoms with van der Waals surface area (Å²) < 4.78 is 1.52. The molecule has 6 heteroatoms. The number of fused-ring (bicyclic) bond motifs is 1. The summed E-state index contributed by atoms with van der Waals surface area (Å²) in [7, 11) is 0. The zero-order valence-electron chi connectivity index (χ0n) is 11.5. The van der Waals surface area contributed by atoms with Crippen molar-refractivity contribution in [2.75, 3.05) is 13.1 Å². The smallest absolute Gasteiger partial charge is 0.230 e. The molecule has 1 fully saturated rings. The second-order valence-electron chi connectivity index (χ2n) is 5.30. The Hall–Kier alpha value is -1.92. The van der Waals surface area contributed by atoms with Crippen molar-refractivity contribution in [3.63, 3.8) is 0 Å². The van der Waals surface area contributed by atoms with E-state index in [2.05, 4.69) is 27.1 Å². The summed E-state index contributed by atoms with van der Waals surface area (Å²) in [4.78, 5) is 8.29. The van der Waals surface area contributed by atoms with E-state index in [9.17, 15) is 5.11 Å². The van der Waals surface area contributed by atoms with Crippen molar-refractivity contribution >= 4 is 16.3 Å².